The van der Waals surface area contributed by atoms with Gasteiger partial charge in [-0.3, -0.25) is 0 Å². The highest BCUT2D eigenvalue weighted by molar-refractivity contribution is 6.00. The van der Waals surface area contributed by atoms with Gasteiger partial charge in [0.2, 0.25) is 0 Å². The molecule has 1 aromatic rings. The molecule has 0 radical (unpaired) electrons. The summed E-state index contributed by atoms with van der Waals surface area (Å²) in [7, 11) is 0. The highest BCUT2D eigenvalue weighted by Gasteiger charge is 2.08. The Kier molecular flexibility index (Phi) is 6.70. The standard InChI is InChI=1S/C15H24O.Al.2H/c1-4-6-8-13-10-12(3)11-14(15(13)16)9-7-5-2;;;/h10-11,16H,4-9H2,1-3H3;;;/q;+1;;/p-1. The van der Waals surface area contributed by atoms with E-state index in [0.717, 1.165) is 29.5 Å². The summed E-state index contributed by atoms with van der Waals surface area (Å²) in [5.41, 5.74) is 4.23. The average molecular weight is 248 g/mol. The van der Waals surface area contributed by atoms with Crippen LogP contribution in [0.1, 0.15) is 56.2 Å². The monoisotopic (exact) mass is 248 g/mol. The van der Waals surface area contributed by atoms with Gasteiger partial charge in [-0.25, -0.2) is 0 Å². The molecule has 0 aliphatic carbocycles. The van der Waals surface area contributed by atoms with E-state index in [0.29, 0.717) is 0 Å². The summed E-state index contributed by atoms with van der Waals surface area (Å²) in [5.74, 6) is 1.20. The van der Waals surface area contributed by atoms with Crippen molar-refractivity contribution < 1.29 is 3.79 Å². The number of rotatable bonds is 7. The smallest absolute Gasteiger partial charge is 0.496 e. The van der Waals surface area contributed by atoms with Crippen molar-refractivity contribution in [3.63, 3.8) is 0 Å². The van der Waals surface area contributed by atoms with Gasteiger partial charge in [0, 0.05) is 0 Å². The van der Waals surface area contributed by atoms with Crippen LogP contribution >= 0.6 is 0 Å². The SMILES string of the molecule is CCCCc1cc(C)cc(CCCC)c1[O][AlH2]. The van der Waals surface area contributed by atoms with Gasteiger partial charge >= 0.3 is 16.6 Å². The van der Waals surface area contributed by atoms with E-state index in [1.54, 1.807) is 0 Å². The Morgan fingerprint density at radius 3 is 1.82 bits per heavy atom. The van der Waals surface area contributed by atoms with E-state index in [1.807, 2.05) is 0 Å². The summed E-state index contributed by atoms with van der Waals surface area (Å²) in [6.45, 7) is 6.69. The molecular weight excluding hydrogens is 223 g/mol. The van der Waals surface area contributed by atoms with Crippen LogP contribution in [-0.4, -0.2) is 16.6 Å². The predicted octanol–water partition coefficient (Wildman–Crippen LogP) is 3.61. The molecule has 0 spiro atoms. The van der Waals surface area contributed by atoms with Crippen molar-refractivity contribution >= 4 is 16.6 Å². The number of hydrogen-bond acceptors (Lipinski definition) is 1. The Bertz CT molecular complexity index is 318. The summed E-state index contributed by atoms with van der Waals surface area (Å²) in [4.78, 5) is 0. The van der Waals surface area contributed by atoms with Crippen LogP contribution in [0.4, 0.5) is 0 Å². The van der Waals surface area contributed by atoms with Crippen molar-refractivity contribution in [2.45, 2.75) is 59.3 Å². The van der Waals surface area contributed by atoms with Gasteiger partial charge in [-0.1, -0.05) is 44.4 Å². The van der Waals surface area contributed by atoms with E-state index in [-0.39, 0.29) is 0 Å². The summed E-state index contributed by atoms with van der Waals surface area (Å²) >= 11 is 0.789. The third-order valence-electron chi connectivity index (χ3n) is 3.19. The molecule has 0 atom stereocenters. The number of benzene rings is 1. The third kappa shape index (κ3) is 4.37. The van der Waals surface area contributed by atoms with Crippen LogP contribution in [0.15, 0.2) is 12.1 Å². The highest BCUT2D eigenvalue weighted by Crippen LogP contribution is 2.28. The lowest BCUT2D eigenvalue weighted by molar-refractivity contribution is 0.586. The first-order valence-electron chi connectivity index (χ1n) is 6.89. The number of aryl methyl sites for hydroxylation is 3. The molecule has 0 aromatic heterocycles. The van der Waals surface area contributed by atoms with Crippen LogP contribution in [-0.2, 0) is 12.8 Å². The van der Waals surface area contributed by atoms with E-state index in [2.05, 4.69) is 32.9 Å². The minimum Gasteiger partial charge on any atom is -0.647 e. The Hall–Kier alpha value is -0.448. The van der Waals surface area contributed by atoms with Gasteiger partial charge in [0.25, 0.3) is 0 Å². The molecule has 0 unspecified atom stereocenters. The average Bonchev–Trinajstić information content (AvgIpc) is 2.33. The number of unbranched alkanes of at least 4 members (excludes halogenated alkanes) is 2. The van der Waals surface area contributed by atoms with Crippen LogP contribution in [0.3, 0.4) is 0 Å². The maximum Gasteiger partial charge on any atom is 0.496 e. The van der Waals surface area contributed by atoms with Crippen molar-refractivity contribution in [2.24, 2.45) is 0 Å². The molecule has 0 fully saturated rings. The van der Waals surface area contributed by atoms with Gasteiger partial charge in [0.1, 0.15) is 0 Å². The number of hydrogen-bond donors (Lipinski definition) is 0. The fraction of sp³-hybridized carbons (Fsp3) is 0.600. The maximum atomic E-state index is 5.76. The summed E-state index contributed by atoms with van der Waals surface area (Å²) in [6.07, 6.45) is 7.34. The lowest BCUT2D eigenvalue weighted by Gasteiger charge is -2.16. The van der Waals surface area contributed by atoms with Gasteiger partial charge in [-0.05, 0) is 43.7 Å². The fourth-order valence-electron chi connectivity index (χ4n) is 2.30. The van der Waals surface area contributed by atoms with E-state index < -0.39 is 0 Å². The van der Waals surface area contributed by atoms with Crippen molar-refractivity contribution in [1.82, 2.24) is 0 Å². The minimum absolute atomic E-state index is 0.789. The predicted molar refractivity (Wildman–Crippen MR) is 77.6 cm³/mol. The molecule has 17 heavy (non-hydrogen) atoms. The van der Waals surface area contributed by atoms with Crippen molar-refractivity contribution in [2.75, 3.05) is 0 Å². The molecular formula is C15H25AlO. The molecule has 0 N–H and O–H groups in total. The lowest BCUT2D eigenvalue weighted by Crippen LogP contribution is -2.00. The minimum atomic E-state index is 0.789. The highest BCUT2D eigenvalue weighted by atomic mass is 27.1. The van der Waals surface area contributed by atoms with Crippen LogP contribution in [0.5, 0.6) is 5.75 Å². The van der Waals surface area contributed by atoms with Crippen molar-refractivity contribution in [1.29, 1.82) is 0 Å². The molecule has 0 heterocycles. The van der Waals surface area contributed by atoms with Crippen LogP contribution in [0.25, 0.3) is 0 Å². The van der Waals surface area contributed by atoms with Gasteiger partial charge in [-0.15, -0.1) is 0 Å². The second-order valence-electron chi connectivity index (χ2n) is 4.82. The fourth-order valence-corrected chi connectivity index (χ4v) is 2.82. The first-order chi connectivity index (χ1) is 8.22. The second-order valence-corrected chi connectivity index (χ2v) is 5.23. The Morgan fingerprint density at radius 1 is 1.00 bits per heavy atom. The zero-order chi connectivity index (χ0) is 12.7. The normalized spacial score (nSPS) is 10.5. The van der Waals surface area contributed by atoms with Gasteiger partial charge in [-0.2, -0.15) is 0 Å². The molecule has 1 rings (SSSR count). The molecule has 0 aliphatic rings. The molecule has 0 bridgehead atoms. The molecule has 0 amide bonds. The first-order valence-corrected chi connectivity index (χ1v) is 7.70. The van der Waals surface area contributed by atoms with Crippen LogP contribution < -0.4 is 3.79 Å². The van der Waals surface area contributed by atoms with Gasteiger partial charge in [0.15, 0.2) is 0 Å². The van der Waals surface area contributed by atoms with Gasteiger partial charge < -0.3 is 3.79 Å². The first kappa shape index (κ1) is 14.6. The summed E-state index contributed by atoms with van der Waals surface area (Å²) in [5, 5.41) is 0. The van der Waals surface area contributed by atoms with E-state index in [9.17, 15) is 0 Å². The quantitative estimate of drug-likeness (QED) is 0.670. The second kappa shape index (κ2) is 7.80. The van der Waals surface area contributed by atoms with Crippen molar-refractivity contribution in [3.8, 4) is 5.75 Å². The largest absolute Gasteiger partial charge is 0.647 e. The molecule has 0 saturated carbocycles. The lowest BCUT2D eigenvalue weighted by atomic mass is 9.97. The van der Waals surface area contributed by atoms with Crippen LogP contribution in [0, 0.1) is 6.92 Å². The van der Waals surface area contributed by atoms with Gasteiger partial charge in [0.05, 0.1) is 5.75 Å². The zero-order valence-electron chi connectivity index (χ0n) is 11.8. The molecule has 0 aliphatic heterocycles. The van der Waals surface area contributed by atoms with E-state index >= 15 is 0 Å². The van der Waals surface area contributed by atoms with Crippen LogP contribution in [0.2, 0.25) is 0 Å². The van der Waals surface area contributed by atoms with E-state index in [1.165, 1.54) is 48.1 Å². The Morgan fingerprint density at radius 2 is 1.47 bits per heavy atom. The molecule has 1 nitrogen and oxygen atoms in total. The Labute approximate surface area is 114 Å². The third-order valence-corrected chi connectivity index (χ3v) is 3.60. The molecule has 2 heteroatoms. The molecule has 0 saturated heterocycles. The maximum absolute atomic E-state index is 5.76. The van der Waals surface area contributed by atoms with E-state index in [4.69, 9.17) is 3.79 Å². The zero-order valence-corrected chi connectivity index (χ0v) is 13.8. The summed E-state index contributed by atoms with van der Waals surface area (Å²) < 4.78 is 5.76. The molecule has 1 aromatic carbocycles. The molecule has 94 valence electrons. The van der Waals surface area contributed by atoms with Crippen molar-refractivity contribution in [3.05, 3.63) is 28.8 Å². The Balaban J connectivity index is 2.97. The topological polar surface area (TPSA) is 9.23 Å². The summed E-state index contributed by atoms with van der Waals surface area (Å²) in [6, 6.07) is 4.61.